The molecule has 0 aromatic heterocycles. The number of carbonyl (C=O) groups is 1. The molecule has 0 amide bonds. The predicted octanol–water partition coefficient (Wildman–Crippen LogP) is 14.1. The molecule has 0 aromatic rings. The summed E-state index contributed by atoms with van der Waals surface area (Å²) in [5.41, 5.74) is 0. The van der Waals surface area contributed by atoms with Gasteiger partial charge in [0.1, 0.15) is 0 Å². The first-order valence-electron chi connectivity index (χ1n) is 25.2. The first-order chi connectivity index (χ1) is 28.4. The maximum absolute atomic E-state index is 12.8. The second-order valence-corrected chi connectivity index (χ2v) is 17.6. The third-order valence-electron chi connectivity index (χ3n) is 10.9. The standard InChI is InChI=1S/C32H65NO4.C16H34O2.C2H6S/c1-3-5-7-9-10-16-24-31(23-15-8-6-4-2)32(36)37-30-22-14-12-18-26-33(27-19-21-29-35)25-17-11-13-20-28-34;1-3-5-6-7-8-9-10-11-12-13-15-18-16(17)14-4-2;1-3-2/h31,34-35H,3-30H2,1-2H3;16-17H,3-15H2,1-2H3;1-2H3. The van der Waals surface area contributed by atoms with Gasteiger partial charge in [0, 0.05) is 19.8 Å². The minimum atomic E-state index is -0.534. The Kier molecular flexibility index (Phi) is 60.4. The lowest BCUT2D eigenvalue weighted by Crippen LogP contribution is -2.27. The van der Waals surface area contributed by atoms with Gasteiger partial charge in [-0.1, -0.05) is 182 Å². The van der Waals surface area contributed by atoms with Crippen LogP contribution in [0.4, 0.5) is 0 Å². The molecule has 0 radical (unpaired) electrons. The zero-order valence-electron chi connectivity index (χ0n) is 40.1. The summed E-state index contributed by atoms with van der Waals surface area (Å²) in [4.78, 5) is 15.3. The highest BCUT2D eigenvalue weighted by Gasteiger charge is 2.19. The van der Waals surface area contributed by atoms with E-state index in [1.165, 1.54) is 135 Å². The Balaban J connectivity index is -0.00000120. The van der Waals surface area contributed by atoms with Crippen LogP contribution >= 0.6 is 11.8 Å². The molecule has 0 rings (SSSR count). The van der Waals surface area contributed by atoms with Crippen molar-refractivity contribution in [2.24, 2.45) is 5.92 Å². The number of aliphatic hydroxyl groups is 3. The SMILES string of the molecule is CCCCCCCCC(CCCCCC)C(=O)OCCCCCCN(CCCCO)CCCCCCO.CCCCCCCCCCCCOC(O)CCC.CSC. The molecule has 2 unspecified atom stereocenters. The van der Waals surface area contributed by atoms with Crippen LogP contribution in [0.15, 0.2) is 0 Å². The fraction of sp³-hybridized carbons (Fsp3) is 0.980. The first-order valence-corrected chi connectivity index (χ1v) is 26.9. The maximum Gasteiger partial charge on any atom is 0.308 e. The molecule has 0 aliphatic carbocycles. The van der Waals surface area contributed by atoms with Gasteiger partial charge in [-0.25, -0.2) is 0 Å². The van der Waals surface area contributed by atoms with E-state index in [0.29, 0.717) is 13.2 Å². The summed E-state index contributed by atoms with van der Waals surface area (Å²) in [5.74, 6) is 0.161. The van der Waals surface area contributed by atoms with E-state index in [0.717, 1.165) is 110 Å². The van der Waals surface area contributed by atoms with E-state index in [1.807, 2.05) is 12.5 Å². The summed E-state index contributed by atoms with van der Waals surface area (Å²) in [5, 5.41) is 27.4. The number of carbonyl (C=O) groups excluding carboxylic acids is 1. The topological polar surface area (TPSA) is 99.5 Å². The van der Waals surface area contributed by atoms with E-state index in [-0.39, 0.29) is 18.5 Å². The van der Waals surface area contributed by atoms with Crippen molar-refractivity contribution < 1.29 is 29.6 Å². The average molecular weight is 848 g/mol. The minimum absolute atomic E-state index is 0.0568. The Labute approximate surface area is 367 Å². The molecule has 3 N–H and O–H groups in total. The summed E-state index contributed by atoms with van der Waals surface area (Å²) in [7, 11) is 0. The van der Waals surface area contributed by atoms with E-state index in [9.17, 15) is 9.90 Å². The number of rotatable bonds is 44. The maximum atomic E-state index is 12.8. The van der Waals surface area contributed by atoms with Crippen molar-refractivity contribution in [2.45, 2.75) is 252 Å². The van der Waals surface area contributed by atoms with Gasteiger partial charge < -0.3 is 29.7 Å². The van der Waals surface area contributed by atoms with Crippen LogP contribution in [0.5, 0.6) is 0 Å². The van der Waals surface area contributed by atoms with Gasteiger partial charge in [-0.05, 0) is 96.4 Å². The number of hydrogen-bond acceptors (Lipinski definition) is 8. The molecule has 8 heteroatoms. The van der Waals surface area contributed by atoms with Crippen LogP contribution in [-0.2, 0) is 14.3 Å². The van der Waals surface area contributed by atoms with E-state index in [1.54, 1.807) is 11.8 Å². The normalized spacial score (nSPS) is 12.2. The molecule has 352 valence electrons. The average Bonchev–Trinajstić information content (AvgIpc) is 3.21. The molecule has 58 heavy (non-hydrogen) atoms. The number of aliphatic hydroxyl groups excluding tert-OH is 3. The van der Waals surface area contributed by atoms with Crippen LogP contribution in [0.2, 0.25) is 0 Å². The van der Waals surface area contributed by atoms with Gasteiger partial charge in [0.05, 0.1) is 12.5 Å². The number of ether oxygens (including phenoxy) is 2. The summed E-state index contributed by atoms with van der Waals surface area (Å²) < 4.78 is 11.1. The Morgan fingerprint density at radius 2 is 0.810 bits per heavy atom. The van der Waals surface area contributed by atoms with Crippen molar-refractivity contribution in [1.29, 1.82) is 0 Å². The molecular formula is C50H105NO6S. The molecule has 0 aliphatic heterocycles. The number of hydrogen-bond donors (Lipinski definition) is 3. The van der Waals surface area contributed by atoms with E-state index in [4.69, 9.17) is 19.7 Å². The smallest absolute Gasteiger partial charge is 0.308 e. The van der Waals surface area contributed by atoms with Gasteiger partial charge in [0.2, 0.25) is 0 Å². The second-order valence-electron chi connectivity index (χ2n) is 16.8. The lowest BCUT2D eigenvalue weighted by Gasteiger charge is -2.22. The summed E-state index contributed by atoms with van der Waals surface area (Å²) in [6, 6.07) is 0. The molecule has 0 aliphatic rings. The van der Waals surface area contributed by atoms with Crippen LogP contribution in [-0.4, -0.2) is 91.1 Å². The molecule has 0 saturated heterocycles. The molecule has 7 nitrogen and oxygen atoms in total. The van der Waals surface area contributed by atoms with Crippen LogP contribution in [0.25, 0.3) is 0 Å². The quantitative estimate of drug-likeness (QED) is 0.0317. The van der Waals surface area contributed by atoms with Crippen molar-refractivity contribution in [3.63, 3.8) is 0 Å². The van der Waals surface area contributed by atoms with Crippen LogP contribution in [0.3, 0.4) is 0 Å². The van der Waals surface area contributed by atoms with E-state index in [2.05, 4.69) is 32.6 Å². The van der Waals surface area contributed by atoms with Crippen LogP contribution < -0.4 is 0 Å². The zero-order valence-corrected chi connectivity index (χ0v) is 40.9. The number of thioether (sulfide) groups is 1. The first kappa shape index (κ1) is 61.9. The van der Waals surface area contributed by atoms with E-state index < -0.39 is 6.29 Å². The predicted molar refractivity (Wildman–Crippen MR) is 256 cm³/mol. The number of esters is 1. The molecule has 0 saturated carbocycles. The Morgan fingerprint density at radius 1 is 0.466 bits per heavy atom. The van der Waals surface area contributed by atoms with Crippen LogP contribution in [0, 0.1) is 5.92 Å². The lowest BCUT2D eigenvalue weighted by atomic mass is 9.94. The zero-order chi connectivity index (χ0) is 43.4. The molecular weight excluding hydrogens is 743 g/mol. The molecule has 0 heterocycles. The molecule has 2 atom stereocenters. The third kappa shape index (κ3) is 53.6. The van der Waals surface area contributed by atoms with Gasteiger partial charge in [0.15, 0.2) is 6.29 Å². The summed E-state index contributed by atoms with van der Waals surface area (Å²) in [6.07, 6.45) is 44.0. The van der Waals surface area contributed by atoms with Gasteiger partial charge in [-0.2, -0.15) is 11.8 Å². The summed E-state index contributed by atoms with van der Waals surface area (Å²) >= 11 is 1.75. The van der Waals surface area contributed by atoms with Crippen molar-refractivity contribution in [2.75, 3.05) is 58.6 Å². The largest absolute Gasteiger partial charge is 0.465 e. The molecule has 0 fully saturated rings. The third-order valence-corrected chi connectivity index (χ3v) is 10.9. The Bertz CT molecular complexity index is 732. The van der Waals surface area contributed by atoms with Gasteiger partial charge in [0.25, 0.3) is 0 Å². The Hall–Kier alpha value is -0.380. The van der Waals surface area contributed by atoms with Crippen molar-refractivity contribution in [3.8, 4) is 0 Å². The molecule has 0 aromatic carbocycles. The molecule has 0 bridgehead atoms. The van der Waals surface area contributed by atoms with Crippen LogP contribution in [0.1, 0.15) is 246 Å². The van der Waals surface area contributed by atoms with Gasteiger partial charge in [-0.3, -0.25) is 4.79 Å². The van der Waals surface area contributed by atoms with Crippen molar-refractivity contribution in [3.05, 3.63) is 0 Å². The molecule has 0 spiro atoms. The number of nitrogens with zero attached hydrogens (tertiary/aromatic N) is 1. The number of unbranched alkanes of at least 4 members (excludes halogenated alkanes) is 24. The fourth-order valence-electron chi connectivity index (χ4n) is 7.17. The second kappa shape index (κ2) is 56.6. The monoisotopic (exact) mass is 848 g/mol. The van der Waals surface area contributed by atoms with Crippen molar-refractivity contribution >= 4 is 17.7 Å². The lowest BCUT2D eigenvalue weighted by molar-refractivity contribution is -0.149. The van der Waals surface area contributed by atoms with Crippen molar-refractivity contribution in [1.82, 2.24) is 4.90 Å². The Morgan fingerprint density at radius 3 is 1.26 bits per heavy atom. The highest BCUT2D eigenvalue weighted by Crippen LogP contribution is 2.21. The minimum Gasteiger partial charge on any atom is -0.465 e. The highest BCUT2D eigenvalue weighted by molar-refractivity contribution is 7.97. The fourth-order valence-corrected chi connectivity index (χ4v) is 7.17. The summed E-state index contributed by atoms with van der Waals surface area (Å²) in [6.45, 7) is 14.0. The van der Waals surface area contributed by atoms with E-state index >= 15 is 0 Å². The highest BCUT2D eigenvalue weighted by atomic mass is 32.2. The van der Waals surface area contributed by atoms with Gasteiger partial charge in [-0.15, -0.1) is 0 Å². The van der Waals surface area contributed by atoms with Gasteiger partial charge >= 0.3 is 5.97 Å².